The molecule has 2 amide bonds. The summed E-state index contributed by atoms with van der Waals surface area (Å²) in [4.78, 5) is 39.6. The van der Waals surface area contributed by atoms with Gasteiger partial charge in [0.15, 0.2) is 0 Å². The van der Waals surface area contributed by atoms with Crippen LogP contribution in [0.3, 0.4) is 0 Å². The standard InChI is InChI=1S/C35H48FN5O5/c1-23-16-38(30(18-40(23)35(43)44)17-39-24(2)20-45-21-25(39)3)19-33(42)41-31-14-27(13-26-9-11-29(36)12-10-26)15-37-34(31)46-22-32(41)28-7-5-4-6-8-28/h9-12,14-15,23-25,28,30,32H,4-8,13,16-22H2,1-3H3,(H,43,44)/t23-,24-,25-,30+,32-/m1/s1. The lowest BCUT2D eigenvalue weighted by atomic mass is 9.83. The number of rotatable bonds is 7. The molecule has 3 fully saturated rings. The van der Waals surface area contributed by atoms with Crippen LogP contribution in [0.2, 0.25) is 0 Å². The monoisotopic (exact) mass is 637 g/mol. The fourth-order valence-corrected chi connectivity index (χ4v) is 7.93. The predicted molar refractivity (Wildman–Crippen MR) is 173 cm³/mol. The highest BCUT2D eigenvalue weighted by Gasteiger charge is 2.42. The summed E-state index contributed by atoms with van der Waals surface area (Å²) in [6.45, 7) is 9.53. The summed E-state index contributed by atoms with van der Waals surface area (Å²) in [5.41, 5.74) is 2.57. The van der Waals surface area contributed by atoms with Crippen molar-refractivity contribution in [3.63, 3.8) is 0 Å². The van der Waals surface area contributed by atoms with Crippen LogP contribution in [0.1, 0.15) is 64.0 Å². The number of carbonyl (C=O) groups is 2. The average Bonchev–Trinajstić information content (AvgIpc) is 3.04. The molecule has 10 nitrogen and oxygen atoms in total. The van der Waals surface area contributed by atoms with E-state index >= 15 is 0 Å². The van der Waals surface area contributed by atoms with Crippen molar-refractivity contribution < 1.29 is 28.6 Å². The van der Waals surface area contributed by atoms with Crippen molar-refractivity contribution in [2.24, 2.45) is 5.92 Å². The topological polar surface area (TPSA) is 98.7 Å². The molecule has 4 aliphatic rings. The molecule has 4 heterocycles. The summed E-state index contributed by atoms with van der Waals surface area (Å²) in [6, 6.07) is 8.39. The minimum Gasteiger partial charge on any atom is -0.474 e. The van der Waals surface area contributed by atoms with Crippen LogP contribution >= 0.6 is 0 Å². The van der Waals surface area contributed by atoms with E-state index in [0.29, 0.717) is 63.4 Å². The molecule has 1 saturated carbocycles. The van der Waals surface area contributed by atoms with Crippen LogP contribution in [-0.4, -0.2) is 113 Å². The molecule has 2 aromatic rings. The zero-order valence-corrected chi connectivity index (χ0v) is 27.3. The number of morpholine rings is 1. The Morgan fingerprint density at radius 1 is 0.957 bits per heavy atom. The first-order valence-electron chi connectivity index (χ1n) is 16.9. The van der Waals surface area contributed by atoms with Crippen LogP contribution in [0, 0.1) is 11.7 Å². The lowest BCUT2D eigenvalue weighted by Crippen LogP contribution is -2.65. The van der Waals surface area contributed by atoms with Crippen molar-refractivity contribution in [3.05, 3.63) is 53.5 Å². The Morgan fingerprint density at radius 3 is 2.37 bits per heavy atom. The Hall–Kier alpha value is -3.28. The maximum Gasteiger partial charge on any atom is 0.407 e. The number of anilines is 1. The van der Waals surface area contributed by atoms with E-state index in [1.165, 1.54) is 23.5 Å². The van der Waals surface area contributed by atoms with Crippen molar-refractivity contribution in [1.82, 2.24) is 19.7 Å². The van der Waals surface area contributed by atoms with Gasteiger partial charge in [0.1, 0.15) is 18.1 Å². The van der Waals surface area contributed by atoms with Crippen molar-refractivity contribution in [2.75, 3.05) is 50.9 Å². The number of ether oxygens (including phenoxy) is 2. The molecule has 46 heavy (non-hydrogen) atoms. The first kappa shape index (κ1) is 32.7. The fraction of sp³-hybridized carbons (Fsp3) is 0.629. The number of nitrogens with zero attached hydrogens (tertiary/aromatic N) is 5. The number of fused-ring (bicyclic) bond motifs is 1. The third kappa shape index (κ3) is 7.16. The van der Waals surface area contributed by atoms with Gasteiger partial charge in [-0.25, -0.2) is 14.2 Å². The highest BCUT2D eigenvalue weighted by atomic mass is 19.1. The molecule has 6 rings (SSSR count). The van der Waals surface area contributed by atoms with Gasteiger partial charge >= 0.3 is 6.09 Å². The number of benzene rings is 1. The quantitative estimate of drug-likeness (QED) is 0.469. The van der Waals surface area contributed by atoms with Crippen LogP contribution < -0.4 is 9.64 Å². The zero-order valence-electron chi connectivity index (χ0n) is 27.3. The number of carbonyl (C=O) groups excluding carboxylic acids is 1. The van der Waals surface area contributed by atoms with E-state index in [-0.39, 0.29) is 48.5 Å². The van der Waals surface area contributed by atoms with E-state index in [9.17, 15) is 19.1 Å². The van der Waals surface area contributed by atoms with E-state index in [1.54, 1.807) is 18.3 Å². The Morgan fingerprint density at radius 2 is 1.67 bits per heavy atom. The van der Waals surface area contributed by atoms with Gasteiger partial charge in [-0.3, -0.25) is 19.5 Å². The molecule has 0 radical (unpaired) electrons. The van der Waals surface area contributed by atoms with Gasteiger partial charge in [-0.2, -0.15) is 0 Å². The van der Waals surface area contributed by atoms with E-state index in [4.69, 9.17) is 9.47 Å². The largest absolute Gasteiger partial charge is 0.474 e. The first-order chi connectivity index (χ1) is 22.2. The van der Waals surface area contributed by atoms with E-state index in [0.717, 1.165) is 36.8 Å². The van der Waals surface area contributed by atoms with Gasteiger partial charge in [-0.15, -0.1) is 0 Å². The van der Waals surface area contributed by atoms with Gasteiger partial charge in [-0.1, -0.05) is 31.4 Å². The molecule has 3 aliphatic heterocycles. The Balaban J connectivity index is 1.29. The lowest BCUT2D eigenvalue weighted by molar-refractivity contribution is -0.123. The molecule has 0 unspecified atom stereocenters. The smallest absolute Gasteiger partial charge is 0.407 e. The predicted octanol–water partition coefficient (Wildman–Crippen LogP) is 4.65. The number of hydrogen-bond donors (Lipinski definition) is 1. The number of hydrogen-bond acceptors (Lipinski definition) is 7. The summed E-state index contributed by atoms with van der Waals surface area (Å²) in [6.07, 6.45) is 7.02. The molecule has 5 atom stereocenters. The Kier molecular flexibility index (Phi) is 10.1. The second kappa shape index (κ2) is 14.2. The minimum absolute atomic E-state index is 0.00935. The molecule has 11 heteroatoms. The molecule has 1 N–H and O–H groups in total. The molecular formula is C35H48FN5O5. The van der Waals surface area contributed by atoms with Crippen LogP contribution in [0.5, 0.6) is 5.88 Å². The molecular weight excluding hydrogens is 589 g/mol. The first-order valence-corrected chi connectivity index (χ1v) is 16.9. The number of halogens is 1. The number of carboxylic acid groups (broad SMARTS) is 1. The number of pyridine rings is 1. The van der Waals surface area contributed by atoms with Gasteiger partial charge in [-0.05, 0) is 75.3 Å². The minimum atomic E-state index is -0.925. The van der Waals surface area contributed by atoms with E-state index in [1.807, 2.05) is 17.9 Å². The van der Waals surface area contributed by atoms with Crippen molar-refractivity contribution in [2.45, 2.75) is 89.5 Å². The number of aromatic nitrogens is 1. The molecule has 0 spiro atoms. The zero-order chi connectivity index (χ0) is 32.4. The van der Waals surface area contributed by atoms with Crippen molar-refractivity contribution >= 4 is 17.7 Å². The van der Waals surface area contributed by atoms with Crippen LogP contribution in [0.25, 0.3) is 0 Å². The molecule has 1 aliphatic carbocycles. The summed E-state index contributed by atoms with van der Waals surface area (Å²) < 4.78 is 25.6. The summed E-state index contributed by atoms with van der Waals surface area (Å²) in [7, 11) is 0. The summed E-state index contributed by atoms with van der Waals surface area (Å²) >= 11 is 0. The third-order valence-corrected chi connectivity index (χ3v) is 10.5. The van der Waals surface area contributed by atoms with Crippen LogP contribution in [0.4, 0.5) is 14.9 Å². The van der Waals surface area contributed by atoms with Gasteiger partial charge in [0.05, 0.1) is 25.8 Å². The SMILES string of the molecule is C[C@@H]1CN(CC(=O)N2c3cc(Cc4ccc(F)cc4)cnc3OC[C@@H]2C2CCCCC2)[C@@H](CN2[C@H](C)COC[C@H]2C)CN1C(=O)O. The fourth-order valence-electron chi connectivity index (χ4n) is 7.93. The maximum absolute atomic E-state index is 14.7. The van der Waals surface area contributed by atoms with Crippen molar-refractivity contribution in [3.8, 4) is 5.88 Å². The second-order valence-corrected chi connectivity index (χ2v) is 13.8. The summed E-state index contributed by atoms with van der Waals surface area (Å²) in [5, 5.41) is 10.0. The van der Waals surface area contributed by atoms with Gasteiger partial charge in [0.25, 0.3) is 0 Å². The van der Waals surface area contributed by atoms with Crippen LogP contribution in [0.15, 0.2) is 36.5 Å². The maximum atomic E-state index is 14.7. The second-order valence-electron chi connectivity index (χ2n) is 13.8. The molecule has 2 saturated heterocycles. The number of amides is 2. The highest BCUT2D eigenvalue weighted by Crippen LogP contribution is 2.39. The Bertz CT molecular complexity index is 1360. The summed E-state index contributed by atoms with van der Waals surface area (Å²) in [5.74, 6) is 0.507. The number of piperazine rings is 1. The molecule has 1 aromatic carbocycles. The third-order valence-electron chi connectivity index (χ3n) is 10.5. The molecule has 1 aromatic heterocycles. The van der Waals surface area contributed by atoms with Gasteiger partial charge in [0, 0.05) is 50.0 Å². The van der Waals surface area contributed by atoms with Crippen molar-refractivity contribution in [1.29, 1.82) is 0 Å². The van der Waals surface area contributed by atoms with Gasteiger partial charge < -0.3 is 19.5 Å². The van der Waals surface area contributed by atoms with E-state index < -0.39 is 6.09 Å². The van der Waals surface area contributed by atoms with E-state index in [2.05, 4.69) is 28.6 Å². The molecule has 250 valence electrons. The normalized spacial score (nSPS) is 28.0. The highest BCUT2D eigenvalue weighted by molar-refractivity contribution is 5.97. The Labute approximate surface area is 271 Å². The van der Waals surface area contributed by atoms with Crippen LogP contribution in [-0.2, 0) is 16.0 Å². The average molecular weight is 638 g/mol. The lowest BCUT2D eigenvalue weighted by Gasteiger charge is -2.49. The molecule has 0 bridgehead atoms. The van der Waals surface area contributed by atoms with Gasteiger partial charge in [0.2, 0.25) is 11.8 Å².